The minimum absolute atomic E-state index is 0.0359. The lowest BCUT2D eigenvalue weighted by atomic mass is 10.0. The molecular formula is C14H18N2O2. The normalized spacial score (nSPS) is 20.3. The number of hydrogen-bond donors (Lipinski definition) is 2. The molecule has 4 nitrogen and oxygen atoms in total. The maximum absolute atomic E-state index is 11.8. The van der Waals surface area contributed by atoms with E-state index in [-0.39, 0.29) is 23.8 Å². The molecule has 0 unspecified atom stereocenters. The van der Waals surface area contributed by atoms with Gasteiger partial charge in [0.15, 0.2) is 0 Å². The van der Waals surface area contributed by atoms with Gasteiger partial charge in [0.2, 0.25) is 11.8 Å². The lowest BCUT2D eigenvalue weighted by Crippen LogP contribution is -2.42. The minimum atomic E-state index is -0.347. The molecule has 96 valence electrons. The molecule has 0 saturated carbocycles. The smallest absolute Gasteiger partial charge is 0.242 e. The van der Waals surface area contributed by atoms with Crippen molar-refractivity contribution in [3.63, 3.8) is 0 Å². The molecule has 1 fully saturated rings. The van der Waals surface area contributed by atoms with E-state index in [2.05, 4.69) is 17.6 Å². The number of carbonyl (C=O) groups excluding carboxylic acids is 2. The van der Waals surface area contributed by atoms with Crippen molar-refractivity contribution in [3.05, 3.63) is 35.9 Å². The summed E-state index contributed by atoms with van der Waals surface area (Å²) in [7, 11) is 0. The molecule has 0 radical (unpaired) electrons. The number of hydrogen-bond acceptors (Lipinski definition) is 2. The summed E-state index contributed by atoms with van der Waals surface area (Å²) in [6.45, 7) is 2.66. The molecule has 0 bridgehead atoms. The second-order valence-corrected chi connectivity index (χ2v) is 4.72. The standard InChI is InChI=1S/C14H18N2O2/c1-10(11-5-3-2-4-6-11)9-15-14(18)12-7-8-13(17)16-12/h2-6,10,12H,7-9H2,1H3,(H,15,18)(H,16,17)/t10-,12-/m1/s1. The SMILES string of the molecule is C[C@H](CNC(=O)[C@H]1CCC(=O)N1)c1ccccc1. The molecule has 1 aliphatic rings. The number of rotatable bonds is 4. The Bertz CT molecular complexity index is 431. The highest BCUT2D eigenvalue weighted by Gasteiger charge is 2.26. The first-order valence-electron chi connectivity index (χ1n) is 6.29. The monoisotopic (exact) mass is 246 g/mol. The Morgan fingerprint density at radius 2 is 2.17 bits per heavy atom. The summed E-state index contributed by atoms with van der Waals surface area (Å²) in [5.41, 5.74) is 1.20. The summed E-state index contributed by atoms with van der Waals surface area (Å²) in [5, 5.41) is 5.56. The summed E-state index contributed by atoms with van der Waals surface area (Å²) in [4.78, 5) is 22.8. The zero-order valence-electron chi connectivity index (χ0n) is 10.5. The van der Waals surface area contributed by atoms with Gasteiger partial charge in [-0.15, -0.1) is 0 Å². The van der Waals surface area contributed by atoms with Crippen molar-refractivity contribution in [3.8, 4) is 0 Å². The lowest BCUT2D eigenvalue weighted by molar-refractivity contribution is -0.125. The van der Waals surface area contributed by atoms with Gasteiger partial charge in [-0.3, -0.25) is 9.59 Å². The minimum Gasteiger partial charge on any atom is -0.354 e. The molecule has 1 aliphatic heterocycles. The molecule has 1 heterocycles. The summed E-state index contributed by atoms with van der Waals surface area (Å²) >= 11 is 0. The second-order valence-electron chi connectivity index (χ2n) is 4.72. The maximum Gasteiger partial charge on any atom is 0.242 e. The van der Waals surface area contributed by atoms with Crippen LogP contribution < -0.4 is 10.6 Å². The fourth-order valence-electron chi connectivity index (χ4n) is 2.09. The van der Waals surface area contributed by atoms with Crippen molar-refractivity contribution >= 4 is 11.8 Å². The number of carbonyl (C=O) groups is 2. The zero-order chi connectivity index (χ0) is 13.0. The van der Waals surface area contributed by atoms with E-state index in [1.54, 1.807) is 0 Å². The van der Waals surface area contributed by atoms with Gasteiger partial charge in [0.25, 0.3) is 0 Å². The molecule has 2 amide bonds. The first-order valence-corrected chi connectivity index (χ1v) is 6.29. The molecule has 2 atom stereocenters. The van der Waals surface area contributed by atoms with Crippen LogP contribution in [-0.4, -0.2) is 24.4 Å². The maximum atomic E-state index is 11.8. The Morgan fingerprint density at radius 1 is 1.44 bits per heavy atom. The van der Waals surface area contributed by atoms with Crippen LogP contribution in [0.25, 0.3) is 0 Å². The van der Waals surface area contributed by atoms with Crippen LogP contribution in [0.3, 0.4) is 0 Å². The second kappa shape index (κ2) is 5.67. The van der Waals surface area contributed by atoms with Crippen molar-refractivity contribution < 1.29 is 9.59 Å². The van der Waals surface area contributed by atoms with Gasteiger partial charge in [0.05, 0.1) is 0 Å². The fourth-order valence-corrected chi connectivity index (χ4v) is 2.09. The Labute approximate surface area is 107 Å². The predicted molar refractivity (Wildman–Crippen MR) is 69.0 cm³/mol. The fraction of sp³-hybridized carbons (Fsp3) is 0.429. The average Bonchev–Trinajstić information content (AvgIpc) is 2.83. The van der Waals surface area contributed by atoms with Gasteiger partial charge in [0.1, 0.15) is 6.04 Å². The van der Waals surface area contributed by atoms with E-state index < -0.39 is 0 Å². The number of nitrogens with one attached hydrogen (secondary N) is 2. The lowest BCUT2D eigenvalue weighted by Gasteiger charge is -2.15. The molecular weight excluding hydrogens is 228 g/mol. The van der Waals surface area contributed by atoms with Crippen molar-refractivity contribution in [1.29, 1.82) is 0 Å². The Morgan fingerprint density at radius 3 is 2.78 bits per heavy atom. The third-order valence-electron chi connectivity index (χ3n) is 3.26. The van der Waals surface area contributed by atoms with Crippen LogP contribution in [0.15, 0.2) is 30.3 Å². The molecule has 1 aromatic carbocycles. The number of amides is 2. The highest BCUT2D eigenvalue weighted by atomic mass is 16.2. The van der Waals surface area contributed by atoms with E-state index in [0.717, 1.165) is 0 Å². The van der Waals surface area contributed by atoms with Crippen LogP contribution in [0.1, 0.15) is 31.2 Å². The van der Waals surface area contributed by atoms with Crippen molar-refractivity contribution in [2.45, 2.75) is 31.7 Å². The highest BCUT2D eigenvalue weighted by molar-refractivity contribution is 5.90. The van der Waals surface area contributed by atoms with E-state index in [9.17, 15) is 9.59 Å². The van der Waals surface area contributed by atoms with Gasteiger partial charge in [0, 0.05) is 13.0 Å². The van der Waals surface area contributed by atoms with Crippen molar-refractivity contribution in [2.24, 2.45) is 0 Å². The first-order chi connectivity index (χ1) is 8.66. The van der Waals surface area contributed by atoms with Crippen LogP contribution >= 0.6 is 0 Å². The van der Waals surface area contributed by atoms with Crippen LogP contribution in [0.4, 0.5) is 0 Å². The van der Waals surface area contributed by atoms with E-state index in [4.69, 9.17) is 0 Å². The van der Waals surface area contributed by atoms with Gasteiger partial charge in [-0.05, 0) is 17.9 Å². The average molecular weight is 246 g/mol. The topological polar surface area (TPSA) is 58.2 Å². The van der Waals surface area contributed by atoms with E-state index in [0.29, 0.717) is 19.4 Å². The molecule has 1 aromatic rings. The summed E-state index contributed by atoms with van der Waals surface area (Å²) < 4.78 is 0. The van der Waals surface area contributed by atoms with Gasteiger partial charge in [-0.1, -0.05) is 37.3 Å². The van der Waals surface area contributed by atoms with Gasteiger partial charge in [-0.25, -0.2) is 0 Å². The van der Waals surface area contributed by atoms with E-state index >= 15 is 0 Å². The number of benzene rings is 1. The van der Waals surface area contributed by atoms with Crippen LogP contribution in [0, 0.1) is 0 Å². The van der Waals surface area contributed by atoms with Crippen molar-refractivity contribution in [2.75, 3.05) is 6.54 Å². The quantitative estimate of drug-likeness (QED) is 0.838. The third-order valence-corrected chi connectivity index (χ3v) is 3.26. The van der Waals surface area contributed by atoms with Gasteiger partial charge >= 0.3 is 0 Å². The zero-order valence-corrected chi connectivity index (χ0v) is 10.5. The first kappa shape index (κ1) is 12.6. The van der Waals surface area contributed by atoms with Crippen LogP contribution in [0.5, 0.6) is 0 Å². The molecule has 2 rings (SSSR count). The molecule has 0 spiro atoms. The summed E-state index contributed by atoms with van der Waals surface area (Å²) in [5.74, 6) is 0.155. The summed E-state index contributed by atoms with van der Waals surface area (Å²) in [6.07, 6.45) is 1.05. The van der Waals surface area contributed by atoms with E-state index in [1.807, 2.05) is 30.3 Å². The van der Waals surface area contributed by atoms with Gasteiger partial charge < -0.3 is 10.6 Å². The summed E-state index contributed by atoms with van der Waals surface area (Å²) in [6, 6.07) is 9.71. The van der Waals surface area contributed by atoms with Gasteiger partial charge in [-0.2, -0.15) is 0 Å². The largest absolute Gasteiger partial charge is 0.354 e. The van der Waals surface area contributed by atoms with Crippen LogP contribution in [0.2, 0.25) is 0 Å². The third kappa shape index (κ3) is 3.09. The molecule has 0 aliphatic carbocycles. The Kier molecular flexibility index (Phi) is 3.97. The molecule has 4 heteroatoms. The molecule has 18 heavy (non-hydrogen) atoms. The van der Waals surface area contributed by atoms with Crippen molar-refractivity contribution in [1.82, 2.24) is 10.6 Å². The molecule has 2 N–H and O–H groups in total. The Hall–Kier alpha value is -1.84. The Balaban J connectivity index is 1.81. The highest BCUT2D eigenvalue weighted by Crippen LogP contribution is 2.13. The molecule has 1 saturated heterocycles. The molecule has 0 aromatic heterocycles. The predicted octanol–water partition coefficient (Wildman–Crippen LogP) is 1.18. The van der Waals surface area contributed by atoms with E-state index in [1.165, 1.54) is 5.56 Å². The van der Waals surface area contributed by atoms with Crippen LogP contribution in [-0.2, 0) is 9.59 Å².